The Hall–Kier alpha value is -2.70. The Morgan fingerprint density at radius 3 is 2.78 bits per heavy atom. The third-order valence-electron chi connectivity index (χ3n) is 3.56. The number of urea groups is 2. The first-order valence-electron chi connectivity index (χ1n) is 7.26. The molecule has 7 nitrogen and oxygen atoms in total. The summed E-state index contributed by atoms with van der Waals surface area (Å²) in [6.07, 6.45) is 1.62. The van der Waals surface area contributed by atoms with Crippen molar-refractivity contribution in [1.29, 1.82) is 0 Å². The maximum atomic E-state index is 12.6. The molecule has 0 spiro atoms. The van der Waals surface area contributed by atoms with Crippen molar-refractivity contribution in [2.24, 2.45) is 0 Å². The summed E-state index contributed by atoms with van der Waals surface area (Å²) in [5.74, 6) is 1.32. The summed E-state index contributed by atoms with van der Waals surface area (Å²) in [5.41, 5.74) is 0.793. The molecule has 0 unspecified atom stereocenters. The highest BCUT2D eigenvalue weighted by molar-refractivity contribution is 5.95. The highest BCUT2D eigenvalue weighted by Gasteiger charge is 2.30. The molecule has 1 heterocycles. The van der Waals surface area contributed by atoms with Gasteiger partial charge in [-0.15, -0.1) is 6.58 Å². The molecule has 1 aliphatic heterocycles. The van der Waals surface area contributed by atoms with Gasteiger partial charge in [-0.3, -0.25) is 0 Å². The second-order valence-corrected chi connectivity index (χ2v) is 5.01. The van der Waals surface area contributed by atoms with E-state index in [1.54, 1.807) is 32.4 Å². The molecule has 2 rings (SSSR count). The summed E-state index contributed by atoms with van der Waals surface area (Å²) >= 11 is 0. The number of nitrogens with one attached hydrogen (secondary N) is 1. The molecule has 0 atom stereocenters. The summed E-state index contributed by atoms with van der Waals surface area (Å²) in [5, 5.41) is 2.62. The van der Waals surface area contributed by atoms with Gasteiger partial charge < -0.3 is 19.7 Å². The largest absolute Gasteiger partial charge is 0.497 e. The molecule has 1 aromatic carbocycles. The van der Waals surface area contributed by atoms with E-state index in [2.05, 4.69) is 11.9 Å². The SMILES string of the molecule is C=CCN(Cc1cc(OC)ccc1OC)C(=O)N1CCNC1=O. The molecule has 124 valence electrons. The van der Waals surface area contributed by atoms with Gasteiger partial charge in [0.2, 0.25) is 0 Å². The van der Waals surface area contributed by atoms with E-state index in [-0.39, 0.29) is 18.6 Å². The molecule has 1 saturated heterocycles. The molecule has 1 aromatic rings. The summed E-state index contributed by atoms with van der Waals surface area (Å²) in [6.45, 7) is 5.12. The average molecular weight is 319 g/mol. The van der Waals surface area contributed by atoms with E-state index in [1.807, 2.05) is 6.07 Å². The Morgan fingerprint density at radius 2 is 2.22 bits per heavy atom. The van der Waals surface area contributed by atoms with E-state index in [0.29, 0.717) is 31.1 Å². The van der Waals surface area contributed by atoms with Gasteiger partial charge in [0, 0.05) is 25.2 Å². The van der Waals surface area contributed by atoms with Crippen LogP contribution in [0.3, 0.4) is 0 Å². The standard InChI is InChI=1S/C16H21N3O4/c1-4-8-18(16(21)19-9-7-17-15(19)20)11-12-10-13(22-2)5-6-14(12)23-3/h4-6,10H,1,7-9,11H2,2-3H3,(H,17,20). The quantitative estimate of drug-likeness (QED) is 0.812. The Labute approximate surface area is 135 Å². The van der Waals surface area contributed by atoms with Gasteiger partial charge >= 0.3 is 12.1 Å². The van der Waals surface area contributed by atoms with Gasteiger partial charge in [0.15, 0.2) is 0 Å². The van der Waals surface area contributed by atoms with Crippen molar-refractivity contribution in [3.63, 3.8) is 0 Å². The summed E-state index contributed by atoms with van der Waals surface area (Å²) in [7, 11) is 3.14. The topological polar surface area (TPSA) is 71.1 Å². The normalized spacial score (nSPS) is 13.5. The van der Waals surface area contributed by atoms with Crippen molar-refractivity contribution in [2.45, 2.75) is 6.54 Å². The predicted octanol–water partition coefficient (Wildman–Crippen LogP) is 1.84. The molecule has 0 aromatic heterocycles. The van der Waals surface area contributed by atoms with Crippen molar-refractivity contribution >= 4 is 12.1 Å². The van der Waals surface area contributed by atoms with E-state index in [9.17, 15) is 9.59 Å². The molecule has 23 heavy (non-hydrogen) atoms. The monoisotopic (exact) mass is 319 g/mol. The van der Waals surface area contributed by atoms with Crippen molar-refractivity contribution in [3.05, 3.63) is 36.4 Å². The Morgan fingerprint density at radius 1 is 1.43 bits per heavy atom. The summed E-state index contributed by atoms with van der Waals surface area (Å²) in [6, 6.07) is 4.65. The van der Waals surface area contributed by atoms with Gasteiger partial charge in [-0.2, -0.15) is 0 Å². The fraction of sp³-hybridized carbons (Fsp3) is 0.375. The first kappa shape index (κ1) is 16.7. The zero-order chi connectivity index (χ0) is 16.8. The maximum Gasteiger partial charge on any atom is 0.328 e. The number of imide groups is 1. The van der Waals surface area contributed by atoms with Crippen LogP contribution in [-0.2, 0) is 6.54 Å². The minimum atomic E-state index is -0.373. The number of benzene rings is 1. The van der Waals surface area contributed by atoms with E-state index in [1.165, 1.54) is 9.80 Å². The Balaban J connectivity index is 2.23. The zero-order valence-corrected chi connectivity index (χ0v) is 13.4. The van der Waals surface area contributed by atoms with Gasteiger partial charge in [0.1, 0.15) is 11.5 Å². The third-order valence-corrected chi connectivity index (χ3v) is 3.56. The molecule has 0 radical (unpaired) electrons. The van der Waals surface area contributed by atoms with E-state index >= 15 is 0 Å². The molecule has 7 heteroatoms. The number of amides is 4. The lowest BCUT2D eigenvalue weighted by Gasteiger charge is -2.26. The molecule has 4 amide bonds. The highest BCUT2D eigenvalue weighted by atomic mass is 16.5. The molecule has 1 fully saturated rings. The average Bonchev–Trinajstić information content (AvgIpc) is 2.99. The van der Waals surface area contributed by atoms with Crippen LogP contribution >= 0.6 is 0 Å². The van der Waals surface area contributed by atoms with Crippen LogP contribution in [0.5, 0.6) is 11.5 Å². The summed E-state index contributed by atoms with van der Waals surface area (Å²) in [4.78, 5) is 27.0. The fourth-order valence-electron chi connectivity index (χ4n) is 2.40. The molecule has 1 N–H and O–H groups in total. The van der Waals surface area contributed by atoms with Crippen LogP contribution in [-0.4, -0.2) is 55.7 Å². The number of methoxy groups -OCH3 is 2. The molecule has 0 saturated carbocycles. The Bertz CT molecular complexity index is 603. The smallest absolute Gasteiger partial charge is 0.328 e. The lowest BCUT2D eigenvalue weighted by atomic mass is 10.1. The lowest BCUT2D eigenvalue weighted by Crippen LogP contribution is -2.44. The zero-order valence-electron chi connectivity index (χ0n) is 13.4. The number of rotatable bonds is 6. The van der Waals surface area contributed by atoms with Crippen LogP contribution in [0.2, 0.25) is 0 Å². The lowest BCUT2D eigenvalue weighted by molar-refractivity contribution is 0.165. The first-order chi connectivity index (χ1) is 11.1. The van der Waals surface area contributed by atoms with Gasteiger partial charge in [-0.1, -0.05) is 6.08 Å². The number of ether oxygens (including phenoxy) is 2. The van der Waals surface area contributed by atoms with E-state index in [4.69, 9.17) is 9.47 Å². The van der Waals surface area contributed by atoms with Crippen molar-refractivity contribution in [1.82, 2.24) is 15.1 Å². The molecular formula is C16H21N3O4. The first-order valence-corrected chi connectivity index (χ1v) is 7.26. The van der Waals surface area contributed by atoms with Gasteiger partial charge in [0.25, 0.3) is 0 Å². The number of hydrogen-bond donors (Lipinski definition) is 1. The number of hydrogen-bond acceptors (Lipinski definition) is 4. The minimum Gasteiger partial charge on any atom is -0.497 e. The molecule has 0 bridgehead atoms. The summed E-state index contributed by atoms with van der Waals surface area (Å²) < 4.78 is 10.6. The van der Waals surface area contributed by atoms with Crippen LogP contribution in [0.1, 0.15) is 5.56 Å². The van der Waals surface area contributed by atoms with Crippen LogP contribution in [0.25, 0.3) is 0 Å². The second-order valence-electron chi connectivity index (χ2n) is 5.01. The molecular weight excluding hydrogens is 298 g/mol. The van der Waals surface area contributed by atoms with Crippen LogP contribution in [0, 0.1) is 0 Å². The maximum absolute atomic E-state index is 12.6. The van der Waals surface area contributed by atoms with E-state index < -0.39 is 0 Å². The third kappa shape index (κ3) is 3.74. The predicted molar refractivity (Wildman–Crippen MR) is 85.7 cm³/mol. The number of carbonyl (C=O) groups is 2. The van der Waals surface area contributed by atoms with Crippen LogP contribution < -0.4 is 14.8 Å². The number of nitrogens with zero attached hydrogens (tertiary/aromatic N) is 2. The van der Waals surface area contributed by atoms with Gasteiger partial charge in [-0.25, -0.2) is 14.5 Å². The van der Waals surface area contributed by atoms with Gasteiger partial charge in [-0.05, 0) is 18.2 Å². The van der Waals surface area contributed by atoms with Gasteiger partial charge in [0.05, 0.1) is 20.8 Å². The van der Waals surface area contributed by atoms with Crippen LogP contribution in [0.4, 0.5) is 9.59 Å². The van der Waals surface area contributed by atoms with E-state index in [0.717, 1.165) is 5.56 Å². The minimum absolute atomic E-state index is 0.287. The molecule has 1 aliphatic rings. The van der Waals surface area contributed by atoms with Crippen molar-refractivity contribution in [3.8, 4) is 11.5 Å². The van der Waals surface area contributed by atoms with Crippen molar-refractivity contribution in [2.75, 3.05) is 33.9 Å². The fourth-order valence-corrected chi connectivity index (χ4v) is 2.40. The molecule has 0 aliphatic carbocycles. The van der Waals surface area contributed by atoms with Crippen molar-refractivity contribution < 1.29 is 19.1 Å². The Kier molecular flexibility index (Phi) is 5.46. The highest BCUT2D eigenvalue weighted by Crippen LogP contribution is 2.25. The number of carbonyl (C=O) groups excluding carboxylic acids is 2. The second kappa shape index (κ2) is 7.53. The van der Waals surface area contributed by atoms with Crippen LogP contribution in [0.15, 0.2) is 30.9 Å².